The van der Waals surface area contributed by atoms with Gasteiger partial charge in [-0.3, -0.25) is 4.79 Å². The maximum atomic E-state index is 12.1. The number of hydrogen-bond acceptors (Lipinski definition) is 4. The summed E-state index contributed by atoms with van der Waals surface area (Å²) in [6, 6.07) is 5.93. The molecule has 0 aromatic heterocycles. The number of alkyl halides is 2. The molecule has 2 atom stereocenters. The highest BCUT2D eigenvalue weighted by Crippen LogP contribution is 2.23. The van der Waals surface area contributed by atoms with Gasteiger partial charge in [-0.05, 0) is 42.5 Å². The predicted molar refractivity (Wildman–Crippen MR) is 92.6 cm³/mol. The molecule has 0 radical (unpaired) electrons. The highest BCUT2D eigenvalue weighted by molar-refractivity contribution is 5.89. The van der Waals surface area contributed by atoms with Crippen LogP contribution >= 0.6 is 0 Å². The molecule has 26 heavy (non-hydrogen) atoms. The minimum atomic E-state index is -2.88. The van der Waals surface area contributed by atoms with Gasteiger partial charge in [0, 0.05) is 12.1 Å². The Bertz CT molecular complexity index is 631. The third-order valence-electron chi connectivity index (χ3n) is 4.32. The van der Waals surface area contributed by atoms with Gasteiger partial charge >= 0.3 is 12.6 Å². The second kappa shape index (κ2) is 9.89. The summed E-state index contributed by atoms with van der Waals surface area (Å²) in [6.07, 6.45) is 6.97. The lowest BCUT2D eigenvalue weighted by atomic mass is 9.86. The first kappa shape index (κ1) is 19.9. The fraction of sp³-hybridized carbons (Fsp3) is 0.474. The molecule has 7 heteroatoms. The van der Waals surface area contributed by atoms with Gasteiger partial charge in [-0.2, -0.15) is 8.78 Å². The first-order valence-corrected chi connectivity index (χ1v) is 8.63. The maximum Gasteiger partial charge on any atom is 0.387 e. The lowest BCUT2D eigenvalue weighted by molar-refractivity contribution is -0.144. The number of hydrogen-bond donors (Lipinski definition) is 1. The van der Waals surface area contributed by atoms with E-state index >= 15 is 0 Å². The van der Waals surface area contributed by atoms with Crippen LogP contribution in [0.1, 0.15) is 38.2 Å². The van der Waals surface area contributed by atoms with Crippen molar-refractivity contribution in [3.63, 3.8) is 0 Å². The van der Waals surface area contributed by atoms with Crippen LogP contribution in [0.5, 0.6) is 5.75 Å². The van der Waals surface area contributed by atoms with Gasteiger partial charge in [0.25, 0.3) is 5.91 Å². The van der Waals surface area contributed by atoms with Crippen LogP contribution in [-0.4, -0.2) is 31.1 Å². The second-order valence-corrected chi connectivity index (χ2v) is 6.32. The Hall–Kier alpha value is -2.44. The highest BCUT2D eigenvalue weighted by atomic mass is 19.3. The molecule has 0 heterocycles. The van der Waals surface area contributed by atoms with Crippen molar-refractivity contribution < 1.29 is 27.8 Å². The zero-order valence-electron chi connectivity index (χ0n) is 14.6. The predicted octanol–water partition coefficient (Wildman–Crippen LogP) is 3.54. The van der Waals surface area contributed by atoms with E-state index in [4.69, 9.17) is 4.74 Å². The van der Waals surface area contributed by atoms with Crippen molar-refractivity contribution in [3.05, 3.63) is 35.9 Å². The molecule has 1 aliphatic carbocycles. The number of benzene rings is 1. The number of ether oxygens (including phenoxy) is 2. The standard InChI is InChI=1S/C19H23F2NO4/c1-13-4-2-3-5-16(13)22-17(23)12-25-18(24)11-8-14-6-9-15(10-7-14)26-19(20)21/h6-11,13,16,19H,2-5,12H2,1H3,(H,22,23)/b11-8+/t13-,16-/m0/s1. The van der Waals surface area contributed by atoms with Crippen molar-refractivity contribution in [1.82, 2.24) is 5.32 Å². The van der Waals surface area contributed by atoms with Crippen LogP contribution in [0.25, 0.3) is 6.08 Å². The number of rotatable bonds is 7. The largest absolute Gasteiger partial charge is 0.452 e. The minimum Gasteiger partial charge on any atom is -0.452 e. The summed E-state index contributed by atoms with van der Waals surface area (Å²) in [5, 5.41) is 2.90. The molecule has 0 spiro atoms. The third kappa shape index (κ3) is 6.82. The first-order chi connectivity index (χ1) is 12.4. The van der Waals surface area contributed by atoms with E-state index in [-0.39, 0.29) is 24.3 Å². The van der Waals surface area contributed by atoms with Gasteiger partial charge in [-0.25, -0.2) is 4.79 Å². The lowest BCUT2D eigenvalue weighted by Gasteiger charge is -2.29. The van der Waals surface area contributed by atoms with Crippen molar-refractivity contribution in [2.75, 3.05) is 6.61 Å². The summed E-state index contributed by atoms with van der Waals surface area (Å²) < 4.78 is 33.3. The summed E-state index contributed by atoms with van der Waals surface area (Å²) in [4.78, 5) is 23.6. The zero-order chi connectivity index (χ0) is 18.9. The number of amides is 1. The van der Waals surface area contributed by atoms with Crippen molar-refractivity contribution in [2.24, 2.45) is 5.92 Å². The quantitative estimate of drug-likeness (QED) is 0.591. The molecule has 142 valence electrons. The van der Waals surface area contributed by atoms with E-state index in [0.29, 0.717) is 11.5 Å². The van der Waals surface area contributed by atoms with E-state index in [0.717, 1.165) is 19.3 Å². The van der Waals surface area contributed by atoms with Crippen LogP contribution in [0, 0.1) is 5.92 Å². The monoisotopic (exact) mass is 367 g/mol. The molecule has 2 rings (SSSR count). The Morgan fingerprint density at radius 2 is 1.92 bits per heavy atom. The molecule has 1 saturated carbocycles. The first-order valence-electron chi connectivity index (χ1n) is 8.63. The lowest BCUT2D eigenvalue weighted by Crippen LogP contribution is -2.42. The van der Waals surface area contributed by atoms with E-state index in [1.165, 1.54) is 42.8 Å². The van der Waals surface area contributed by atoms with E-state index in [9.17, 15) is 18.4 Å². The summed E-state index contributed by atoms with van der Waals surface area (Å²) in [7, 11) is 0. The molecule has 1 N–H and O–H groups in total. The van der Waals surface area contributed by atoms with Crippen molar-refractivity contribution in [3.8, 4) is 5.75 Å². The molecule has 1 aromatic rings. The van der Waals surface area contributed by atoms with Gasteiger partial charge in [0.1, 0.15) is 5.75 Å². The average Bonchev–Trinajstić information content (AvgIpc) is 2.61. The molecule has 1 aliphatic rings. The number of esters is 1. The van der Waals surface area contributed by atoms with Gasteiger partial charge < -0.3 is 14.8 Å². The molecule has 1 amide bonds. The minimum absolute atomic E-state index is 0.0355. The Kier molecular flexibility index (Phi) is 7.56. The Balaban J connectivity index is 1.73. The molecule has 0 aliphatic heterocycles. The van der Waals surface area contributed by atoms with E-state index in [1.54, 1.807) is 0 Å². The molecule has 1 aromatic carbocycles. The summed E-state index contributed by atoms with van der Waals surface area (Å²) in [5.41, 5.74) is 0.615. The van der Waals surface area contributed by atoms with Crippen molar-refractivity contribution in [2.45, 2.75) is 45.3 Å². The van der Waals surface area contributed by atoms with Crippen LogP contribution in [0.3, 0.4) is 0 Å². The normalized spacial score (nSPS) is 20.2. The third-order valence-corrected chi connectivity index (χ3v) is 4.32. The summed E-state index contributed by atoms with van der Waals surface area (Å²) >= 11 is 0. The van der Waals surface area contributed by atoms with Crippen LogP contribution < -0.4 is 10.1 Å². The molecule has 0 unspecified atom stereocenters. The maximum absolute atomic E-state index is 12.1. The molecule has 5 nitrogen and oxygen atoms in total. The van der Waals surface area contributed by atoms with Gasteiger partial charge in [0.05, 0.1) is 0 Å². The molecular weight excluding hydrogens is 344 g/mol. The van der Waals surface area contributed by atoms with Crippen molar-refractivity contribution in [1.29, 1.82) is 0 Å². The van der Waals surface area contributed by atoms with E-state index < -0.39 is 12.6 Å². The average molecular weight is 367 g/mol. The van der Waals surface area contributed by atoms with Gasteiger partial charge in [0.15, 0.2) is 6.61 Å². The smallest absolute Gasteiger partial charge is 0.387 e. The Labute approximate surface area is 151 Å². The van der Waals surface area contributed by atoms with Gasteiger partial charge in [-0.15, -0.1) is 0 Å². The van der Waals surface area contributed by atoms with E-state index in [1.807, 2.05) is 0 Å². The van der Waals surface area contributed by atoms with E-state index in [2.05, 4.69) is 17.0 Å². The number of nitrogens with one attached hydrogen (secondary N) is 1. The summed E-state index contributed by atoms with van der Waals surface area (Å²) in [5.74, 6) is -0.489. The SMILES string of the molecule is C[C@H]1CCCC[C@@H]1NC(=O)COC(=O)/C=C/c1ccc(OC(F)F)cc1. The number of halogens is 2. The molecular formula is C19H23F2NO4. The molecule has 0 bridgehead atoms. The fourth-order valence-corrected chi connectivity index (χ4v) is 2.89. The van der Waals surface area contributed by atoms with Crippen LogP contribution in [0.4, 0.5) is 8.78 Å². The second-order valence-electron chi connectivity index (χ2n) is 6.32. The molecule has 0 saturated heterocycles. The topological polar surface area (TPSA) is 64.6 Å². The molecule has 1 fully saturated rings. The number of carbonyl (C=O) groups is 2. The van der Waals surface area contributed by atoms with Gasteiger partial charge in [0.2, 0.25) is 0 Å². The highest BCUT2D eigenvalue weighted by Gasteiger charge is 2.22. The fourth-order valence-electron chi connectivity index (χ4n) is 2.89. The van der Waals surface area contributed by atoms with Crippen LogP contribution in [0.15, 0.2) is 30.3 Å². The number of carbonyl (C=O) groups excluding carboxylic acids is 2. The zero-order valence-corrected chi connectivity index (χ0v) is 14.6. The van der Waals surface area contributed by atoms with Crippen molar-refractivity contribution >= 4 is 18.0 Å². The van der Waals surface area contributed by atoms with Crippen LogP contribution in [0.2, 0.25) is 0 Å². The van der Waals surface area contributed by atoms with Gasteiger partial charge in [-0.1, -0.05) is 31.9 Å². The van der Waals surface area contributed by atoms with Crippen LogP contribution in [-0.2, 0) is 14.3 Å². The summed E-state index contributed by atoms with van der Waals surface area (Å²) in [6.45, 7) is -1.10. The Morgan fingerprint density at radius 1 is 1.23 bits per heavy atom. The Morgan fingerprint density at radius 3 is 2.58 bits per heavy atom.